The Labute approximate surface area is 92.7 Å². The lowest BCUT2D eigenvalue weighted by atomic mass is 10.2. The van der Waals surface area contributed by atoms with Gasteiger partial charge in [0.2, 0.25) is 0 Å². The van der Waals surface area contributed by atoms with Crippen molar-refractivity contribution in [3.05, 3.63) is 41.7 Å². The summed E-state index contributed by atoms with van der Waals surface area (Å²) in [6, 6.07) is 7.17. The maximum atomic E-state index is 10.9. The Kier molecular flexibility index (Phi) is 2.36. The van der Waals surface area contributed by atoms with Crippen molar-refractivity contribution >= 4 is 11.6 Å². The largest absolute Gasteiger partial charge is 0.397 e. The van der Waals surface area contributed by atoms with Gasteiger partial charge in [-0.25, -0.2) is 4.68 Å². The first-order valence-electron chi connectivity index (χ1n) is 4.80. The Bertz CT molecular complexity index is 545. The molecule has 5 heteroatoms. The van der Waals surface area contributed by atoms with Gasteiger partial charge in [-0.05, 0) is 30.7 Å². The van der Waals surface area contributed by atoms with Gasteiger partial charge < -0.3 is 11.5 Å². The third-order valence-corrected chi connectivity index (χ3v) is 2.27. The first kappa shape index (κ1) is 10.2. The lowest BCUT2D eigenvalue weighted by molar-refractivity contribution is 0.0995. The zero-order valence-electron chi connectivity index (χ0n) is 8.84. The van der Waals surface area contributed by atoms with Crippen molar-refractivity contribution < 1.29 is 4.79 Å². The highest BCUT2D eigenvalue weighted by atomic mass is 16.1. The van der Waals surface area contributed by atoms with Crippen LogP contribution in [0.2, 0.25) is 0 Å². The molecule has 0 saturated carbocycles. The van der Waals surface area contributed by atoms with Crippen molar-refractivity contribution in [2.24, 2.45) is 5.73 Å². The summed E-state index contributed by atoms with van der Waals surface area (Å²) in [6.45, 7) is 1.96. The Morgan fingerprint density at radius 3 is 2.75 bits per heavy atom. The van der Waals surface area contributed by atoms with Gasteiger partial charge in [0.05, 0.1) is 11.4 Å². The Morgan fingerprint density at radius 1 is 1.38 bits per heavy atom. The molecule has 82 valence electrons. The highest BCUT2D eigenvalue weighted by Crippen LogP contribution is 2.18. The third-order valence-electron chi connectivity index (χ3n) is 2.27. The molecule has 1 aromatic carbocycles. The number of aryl methyl sites for hydroxylation is 1. The molecule has 0 unspecified atom stereocenters. The number of anilines is 1. The number of primary amides is 1. The van der Waals surface area contributed by atoms with Gasteiger partial charge in [-0.2, -0.15) is 5.10 Å². The molecule has 0 fully saturated rings. The van der Waals surface area contributed by atoms with E-state index in [0.717, 1.165) is 11.3 Å². The third kappa shape index (κ3) is 1.75. The Hall–Kier alpha value is -2.30. The fourth-order valence-electron chi connectivity index (χ4n) is 1.44. The van der Waals surface area contributed by atoms with E-state index in [2.05, 4.69) is 5.10 Å². The molecule has 0 aliphatic rings. The first-order valence-corrected chi connectivity index (χ1v) is 4.80. The van der Waals surface area contributed by atoms with Crippen LogP contribution < -0.4 is 11.5 Å². The molecular weight excluding hydrogens is 204 g/mol. The standard InChI is InChI=1S/C11H12N4O/c1-7-2-3-8(12)10(6-7)15-5-4-9(14-15)11(13)16/h2-6H,12H2,1H3,(H2,13,16). The predicted octanol–water partition coefficient (Wildman–Crippen LogP) is 0.862. The summed E-state index contributed by atoms with van der Waals surface area (Å²) in [7, 11) is 0. The average molecular weight is 216 g/mol. The van der Waals surface area contributed by atoms with Gasteiger partial charge in [-0.1, -0.05) is 6.07 Å². The topological polar surface area (TPSA) is 86.9 Å². The summed E-state index contributed by atoms with van der Waals surface area (Å²) in [5.41, 5.74) is 13.6. The number of rotatable bonds is 2. The van der Waals surface area contributed by atoms with Crippen molar-refractivity contribution in [1.82, 2.24) is 9.78 Å². The Balaban J connectivity index is 2.50. The number of amides is 1. The van der Waals surface area contributed by atoms with Gasteiger partial charge in [0.15, 0.2) is 0 Å². The number of carbonyl (C=O) groups is 1. The zero-order valence-corrected chi connectivity index (χ0v) is 8.84. The van der Waals surface area contributed by atoms with Crippen LogP contribution in [-0.2, 0) is 0 Å². The molecule has 1 aromatic heterocycles. The molecule has 16 heavy (non-hydrogen) atoms. The van der Waals surface area contributed by atoms with E-state index < -0.39 is 5.91 Å². The number of carbonyl (C=O) groups excluding carboxylic acids is 1. The van der Waals surface area contributed by atoms with Gasteiger partial charge in [-0.15, -0.1) is 0 Å². The van der Waals surface area contributed by atoms with Gasteiger partial charge >= 0.3 is 0 Å². The summed E-state index contributed by atoms with van der Waals surface area (Å²) >= 11 is 0. The summed E-state index contributed by atoms with van der Waals surface area (Å²) in [4.78, 5) is 10.9. The second kappa shape index (κ2) is 3.69. The molecule has 0 aliphatic heterocycles. The maximum Gasteiger partial charge on any atom is 0.269 e. The van der Waals surface area contributed by atoms with Crippen LogP contribution in [0.3, 0.4) is 0 Å². The van der Waals surface area contributed by atoms with Gasteiger partial charge in [0.25, 0.3) is 5.91 Å². The molecular formula is C11H12N4O. The van der Waals surface area contributed by atoms with Gasteiger partial charge in [-0.3, -0.25) is 4.79 Å². The highest BCUT2D eigenvalue weighted by molar-refractivity contribution is 5.90. The quantitative estimate of drug-likeness (QED) is 0.730. The van der Waals surface area contributed by atoms with Crippen LogP contribution in [0.1, 0.15) is 16.1 Å². The zero-order chi connectivity index (χ0) is 11.7. The SMILES string of the molecule is Cc1ccc(N)c(-n2ccc(C(N)=O)n2)c1. The maximum absolute atomic E-state index is 10.9. The van der Waals surface area contributed by atoms with E-state index in [9.17, 15) is 4.79 Å². The van der Waals surface area contributed by atoms with E-state index >= 15 is 0 Å². The molecule has 2 aromatic rings. The van der Waals surface area contributed by atoms with Crippen LogP contribution in [0.15, 0.2) is 30.5 Å². The van der Waals surface area contributed by atoms with E-state index in [-0.39, 0.29) is 5.69 Å². The molecule has 0 spiro atoms. The molecule has 4 N–H and O–H groups in total. The van der Waals surface area contributed by atoms with Crippen molar-refractivity contribution in [1.29, 1.82) is 0 Å². The van der Waals surface area contributed by atoms with Crippen LogP contribution in [0.25, 0.3) is 5.69 Å². The smallest absolute Gasteiger partial charge is 0.269 e. The normalized spacial score (nSPS) is 10.3. The first-order chi connectivity index (χ1) is 7.58. The van der Waals surface area contributed by atoms with Crippen molar-refractivity contribution in [2.75, 3.05) is 5.73 Å². The number of benzene rings is 1. The monoisotopic (exact) mass is 216 g/mol. The number of hydrogen-bond acceptors (Lipinski definition) is 3. The van der Waals surface area contributed by atoms with Crippen LogP contribution in [-0.4, -0.2) is 15.7 Å². The lowest BCUT2D eigenvalue weighted by Crippen LogP contribution is -2.12. The minimum absolute atomic E-state index is 0.223. The summed E-state index contributed by atoms with van der Waals surface area (Å²) in [6.07, 6.45) is 1.66. The number of nitrogen functional groups attached to an aromatic ring is 1. The summed E-state index contributed by atoms with van der Waals surface area (Å²) in [5, 5.41) is 4.04. The van der Waals surface area contributed by atoms with Crippen LogP contribution in [0.5, 0.6) is 0 Å². The average Bonchev–Trinajstić information content (AvgIpc) is 2.70. The fourth-order valence-corrected chi connectivity index (χ4v) is 1.44. The minimum atomic E-state index is -0.551. The van der Waals surface area contributed by atoms with Crippen molar-refractivity contribution in [2.45, 2.75) is 6.92 Å². The van der Waals surface area contributed by atoms with Crippen LogP contribution in [0.4, 0.5) is 5.69 Å². The summed E-state index contributed by atoms with van der Waals surface area (Å²) < 4.78 is 1.54. The van der Waals surface area contributed by atoms with Crippen molar-refractivity contribution in [3.63, 3.8) is 0 Å². The van der Waals surface area contributed by atoms with E-state index in [4.69, 9.17) is 11.5 Å². The number of hydrogen-bond donors (Lipinski definition) is 2. The molecule has 0 radical (unpaired) electrons. The molecule has 0 aliphatic carbocycles. The van der Waals surface area contributed by atoms with E-state index in [1.54, 1.807) is 23.0 Å². The number of nitrogens with two attached hydrogens (primary N) is 2. The molecule has 0 saturated heterocycles. The predicted molar refractivity (Wildman–Crippen MR) is 61.2 cm³/mol. The fraction of sp³-hybridized carbons (Fsp3) is 0.0909. The highest BCUT2D eigenvalue weighted by Gasteiger charge is 2.07. The number of nitrogens with zero attached hydrogens (tertiary/aromatic N) is 2. The van der Waals surface area contributed by atoms with E-state index in [0.29, 0.717) is 5.69 Å². The second-order valence-electron chi connectivity index (χ2n) is 3.57. The second-order valence-corrected chi connectivity index (χ2v) is 3.57. The molecule has 2 rings (SSSR count). The Morgan fingerprint density at radius 2 is 2.12 bits per heavy atom. The molecule has 1 amide bonds. The van der Waals surface area contributed by atoms with E-state index in [1.807, 2.05) is 19.1 Å². The van der Waals surface area contributed by atoms with Crippen molar-refractivity contribution in [3.8, 4) is 5.69 Å². The van der Waals surface area contributed by atoms with E-state index in [1.165, 1.54) is 0 Å². The number of aromatic nitrogens is 2. The lowest BCUT2D eigenvalue weighted by Gasteiger charge is -2.06. The molecule has 0 atom stereocenters. The molecule has 0 bridgehead atoms. The minimum Gasteiger partial charge on any atom is -0.397 e. The molecule has 5 nitrogen and oxygen atoms in total. The summed E-state index contributed by atoms with van der Waals surface area (Å²) in [5.74, 6) is -0.551. The molecule has 1 heterocycles. The van der Waals surface area contributed by atoms with Gasteiger partial charge in [0.1, 0.15) is 5.69 Å². The van der Waals surface area contributed by atoms with Crippen LogP contribution in [0, 0.1) is 6.92 Å². The van der Waals surface area contributed by atoms with Crippen LogP contribution >= 0.6 is 0 Å². The van der Waals surface area contributed by atoms with Gasteiger partial charge in [0, 0.05) is 6.20 Å².